The molecule has 0 aliphatic heterocycles. The van der Waals surface area contributed by atoms with Crippen molar-refractivity contribution in [2.45, 2.75) is 26.2 Å². The van der Waals surface area contributed by atoms with Crippen LogP contribution >= 0.6 is 11.6 Å². The standard InChI is InChI=1S/C15H16ClN3O/c1-9-17-13-7-2-10(8-14(13)18-9)15(20)19-12-5-3-11(16)4-6-12/h3-6,10H,2,7-8H2,1H3,(H,17,18)(H,19,20). The van der Waals surface area contributed by atoms with Crippen LogP contribution in [-0.4, -0.2) is 15.9 Å². The highest BCUT2D eigenvalue weighted by atomic mass is 35.5. The molecular weight excluding hydrogens is 274 g/mol. The number of carbonyl (C=O) groups excluding carboxylic acids is 1. The minimum absolute atomic E-state index is 0.00183. The summed E-state index contributed by atoms with van der Waals surface area (Å²) >= 11 is 5.83. The lowest BCUT2D eigenvalue weighted by Gasteiger charge is -2.20. The Morgan fingerprint density at radius 3 is 2.90 bits per heavy atom. The molecule has 104 valence electrons. The van der Waals surface area contributed by atoms with E-state index in [-0.39, 0.29) is 11.8 Å². The molecule has 1 heterocycles. The maximum Gasteiger partial charge on any atom is 0.227 e. The maximum atomic E-state index is 12.3. The highest BCUT2D eigenvalue weighted by Crippen LogP contribution is 2.25. The van der Waals surface area contributed by atoms with Gasteiger partial charge in [0.05, 0.1) is 5.69 Å². The molecule has 0 spiro atoms. The van der Waals surface area contributed by atoms with E-state index in [4.69, 9.17) is 11.6 Å². The molecule has 1 aliphatic carbocycles. The van der Waals surface area contributed by atoms with E-state index in [1.807, 2.05) is 19.1 Å². The average Bonchev–Trinajstić information content (AvgIpc) is 2.80. The molecule has 20 heavy (non-hydrogen) atoms. The van der Waals surface area contributed by atoms with E-state index in [9.17, 15) is 4.79 Å². The molecule has 3 rings (SSSR count). The fraction of sp³-hybridized carbons (Fsp3) is 0.333. The summed E-state index contributed by atoms with van der Waals surface area (Å²) in [4.78, 5) is 20.0. The zero-order valence-corrected chi connectivity index (χ0v) is 12.0. The number of nitrogens with one attached hydrogen (secondary N) is 2. The fourth-order valence-electron chi connectivity index (χ4n) is 2.62. The third kappa shape index (κ3) is 2.70. The molecule has 5 heteroatoms. The van der Waals surface area contributed by atoms with Gasteiger partial charge in [0.2, 0.25) is 5.91 Å². The molecular formula is C15H16ClN3O. The monoisotopic (exact) mass is 289 g/mol. The van der Waals surface area contributed by atoms with E-state index in [0.29, 0.717) is 5.02 Å². The number of hydrogen-bond acceptors (Lipinski definition) is 2. The van der Waals surface area contributed by atoms with Crippen molar-refractivity contribution in [3.63, 3.8) is 0 Å². The lowest BCUT2D eigenvalue weighted by Crippen LogP contribution is -2.28. The maximum absolute atomic E-state index is 12.3. The van der Waals surface area contributed by atoms with Crippen molar-refractivity contribution in [3.05, 3.63) is 46.5 Å². The predicted molar refractivity (Wildman–Crippen MR) is 78.9 cm³/mol. The second-order valence-corrected chi connectivity index (χ2v) is 5.62. The molecule has 0 radical (unpaired) electrons. The largest absolute Gasteiger partial charge is 0.346 e. The van der Waals surface area contributed by atoms with Crippen LogP contribution in [0.15, 0.2) is 24.3 Å². The molecule has 0 bridgehead atoms. The van der Waals surface area contributed by atoms with Crippen molar-refractivity contribution in [2.24, 2.45) is 5.92 Å². The molecule has 4 nitrogen and oxygen atoms in total. The van der Waals surface area contributed by atoms with Gasteiger partial charge < -0.3 is 10.3 Å². The highest BCUT2D eigenvalue weighted by Gasteiger charge is 2.26. The molecule has 1 unspecified atom stereocenters. The first-order chi connectivity index (χ1) is 9.61. The summed E-state index contributed by atoms with van der Waals surface area (Å²) in [5, 5.41) is 3.61. The van der Waals surface area contributed by atoms with Gasteiger partial charge in [-0.3, -0.25) is 4.79 Å². The highest BCUT2D eigenvalue weighted by molar-refractivity contribution is 6.30. The van der Waals surface area contributed by atoms with Gasteiger partial charge in [-0.25, -0.2) is 4.98 Å². The summed E-state index contributed by atoms with van der Waals surface area (Å²) in [5.41, 5.74) is 2.99. The van der Waals surface area contributed by atoms with E-state index in [0.717, 1.165) is 42.2 Å². The average molecular weight is 290 g/mol. The Balaban J connectivity index is 1.68. The number of aromatic amines is 1. The number of halogens is 1. The van der Waals surface area contributed by atoms with Crippen LogP contribution < -0.4 is 5.32 Å². The molecule has 1 aromatic carbocycles. The third-order valence-electron chi connectivity index (χ3n) is 3.65. The number of rotatable bonds is 2. The van der Waals surface area contributed by atoms with Gasteiger partial charge in [-0.15, -0.1) is 0 Å². The van der Waals surface area contributed by atoms with Crippen LogP contribution in [0, 0.1) is 12.8 Å². The summed E-state index contributed by atoms with van der Waals surface area (Å²) in [6.07, 6.45) is 2.44. The Bertz CT molecular complexity index is 633. The van der Waals surface area contributed by atoms with E-state index in [2.05, 4.69) is 15.3 Å². The van der Waals surface area contributed by atoms with Gasteiger partial charge in [0.1, 0.15) is 5.82 Å². The van der Waals surface area contributed by atoms with Gasteiger partial charge in [0.15, 0.2) is 0 Å². The predicted octanol–water partition coefficient (Wildman–Crippen LogP) is 3.12. The van der Waals surface area contributed by atoms with E-state index >= 15 is 0 Å². The summed E-state index contributed by atoms with van der Waals surface area (Å²) < 4.78 is 0. The Kier molecular flexibility index (Phi) is 3.49. The van der Waals surface area contributed by atoms with Gasteiger partial charge >= 0.3 is 0 Å². The Labute approximate surface area is 122 Å². The van der Waals surface area contributed by atoms with Crippen LogP contribution in [0.4, 0.5) is 5.69 Å². The zero-order chi connectivity index (χ0) is 14.1. The molecule has 1 atom stereocenters. The smallest absolute Gasteiger partial charge is 0.227 e. The minimum Gasteiger partial charge on any atom is -0.346 e. The van der Waals surface area contributed by atoms with Gasteiger partial charge in [0, 0.05) is 28.7 Å². The van der Waals surface area contributed by atoms with E-state index < -0.39 is 0 Å². The number of nitrogens with zero attached hydrogens (tertiary/aromatic N) is 1. The number of hydrogen-bond donors (Lipinski definition) is 2. The fourth-order valence-corrected chi connectivity index (χ4v) is 2.75. The van der Waals surface area contributed by atoms with Crippen LogP contribution in [0.1, 0.15) is 23.6 Å². The van der Waals surface area contributed by atoms with Crippen LogP contribution in [0.3, 0.4) is 0 Å². The molecule has 0 saturated carbocycles. The topological polar surface area (TPSA) is 57.8 Å². The summed E-state index contributed by atoms with van der Waals surface area (Å²) in [6.45, 7) is 1.95. The van der Waals surface area contributed by atoms with Crippen molar-refractivity contribution in [1.82, 2.24) is 9.97 Å². The lowest BCUT2D eigenvalue weighted by molar-refractivity contribution is -0.120. The molecule has 0 fully saturated rings. The summed E-state index contributed by atoms with van der Waals surface area (Å²) in [7, 11) is 0. The van der Waals surface area contributed by atoms with Crippen LogP contribution in [0.25, 0.3) is 0 Å². The number of benzene rings is 1. The molecule has 1 amide bonds. The van der Waals surface area contributed by atoms with E-state index in [1.54, 1.807) is 12.1 Å². The molecule has 1 aliphatic rings. The van der Waals surface area contributed by atoms with Crippen molar-refractivity contribution in [1.29, 1.82) is 0 Å². The normalized spacial score (nSPS) is 17.6. The lowest BCUT2D eigenvalue weighted by atomic mass is 9.89. The second-order valence-electron chi connectivity index (χ2n) is 5.18. The quantitative estimate of drug-likeness (QED) is 0.892. The van der Waals surface area contributed by atoms with Crippen molar-refractivity contribution < 1.29 is 4.79 Å². The molecule has 1 aromatic heterocycles. The van der Waals surface area contributed by atoms with Gasteiger partial charge in [0.25, 0.3) is 0 Å². The van der Waals surface area contributed by atoms with Crippen molar-refractivity contribution in [2.75, 3.05) is 5.32 Å². The number of carbonyl (C=O) groups is 1. The summed E-state index contributed by atoms with van der Waals surface area (Å²) in [5.74, 6) is 0.983. The number of imidazole rings is 1. The molecule has 2 N–H and O–H groups in total. The number of fused-ring (bicyclic) bond motifs is 1. The van der Waals surface area contributed by atoms with Crippen LogP contribution in [0.5, 0.6) is 0 Å². The number of aryl methyl sites for hydroxylation is 2. The van der Waals surface area contributed by atoms with Crippen LogP contribution in [-0.2, 0) is 17.6 Å². The first kappa shape index (κ1) is 13.2. The minimum atomic E-state index is -0.00183. The van der Waals surface area contributed by atoms with E-state index in [1.165, 1.54) is 0 Å². The number of amides is 1. The first-order valence-corrected chi connectivity index (χ1v) is 7.10. The summed E-state index contributed by atoms with van der Waals surface area (Å²) in [6, 6.07) is 7.17. The van der Waals surface area contributed by atoms with Gasteiger partial charge in [-0.1, -0.05) is 11.6 Å². The third-order valence-corrected chi connectivity index (χ3v) is 3.90. The molecule has 0 saturated heterocycles. The first-order valence-electron chi connectivity index (χ1n) is 6.72. The second kappa shape index (κ2) is 5.29. The van der Waals surface area contributed by atoms with Crippen molar-refractivity contribution in [3.8, 4) is 0 Å². The van der Waals surface area contributed by atoms with Gasteiger partial charge in [-0.05, 0) is 44.0 Å². The Morgan fingerprint density at radius 2 is 2.15 bits per heavy atom. The van der Waals surface area contributed by atoms with Crippen LogP contribution in [0.2, 0.25) is 5.02 Å². The number of aromatic nitrogens is 2. The Hall–Kier alpha value is -1.81. The van der Waals surface area contributed by atoms with Crippen molar-refractivity contribution >= 4 is 23.2 Å². The molecule has 2 aromatic rings. The zero-order valence-electron chi connectivity index (χ0n) is 11.2. The SMILES string of the molecule is Cc1nc2c([nH]1)CC(C(=O)Nc1ccc(Cl)cc1)CC2. The van der Waals surface area contributed by atoms with Gasteiger partial charge in [-0.2, -0.15) is 0 Å². The Morgan fingerprint density at radius 1 is 1.40 bits per heavy atom. The number of anilines is 1. The number of H-pyrrole nitrogens is 1.